The quantitative estimate of drug-likeness (QED) is 0.709. The highest BCUT2D eigenvalue weighted by molar-refractivity contribution is 5.71. The number of primary amides is 1. The molecule has 0 aliphatic carbocycles. The van der Waals surface area contributed by atoms with Crippen LogP contribution in [0, 0.1) is 5.92 Å². The van der Waals surface area contributed by atoms with Gasteiger partial charge in [-0.15, -0.1) is 0 Å². The average molecular weight is 186 g/mol. The number of urea groups is 1. The zero-order valence-corrected chi connectivity index (χ0v) is 8.16. The molecule has 1 saturated heterocycles. The van der Waals surface area contributed by atoms with Gasteiger partial charge in [-0.3, -0.25) is 0 Å². The van der Waals surface area contributed by atoms with Crippen LogP contribution in [0.15, 0.2) is 0 Å². The highest BCUT2D eigenvalue weighted by Gasteiger charge is 2.18. The zero-order valence-electron chi connectivity index (χ0n) is 8.16. The van der Waals surface area contributed by atoms with E-state index in [9.17, 15) is 4.79 Å². The van der Waals surface area contributed by atoms with Gasteiger partial charge in [0.05, 0.1) is 6.61 Å². The van der Waals surface area contributed by atoms with Gasteiger partial charge in [-0.2, -0.15) is 0 Å². The molecule has 13 heavy (non-hydrogen) atoms. The molecular formula is C9H18N2O2. The Morgan fingerprint density at radius 2 is 2.46 bits per heavy atom. The van der Waals surface area contributed by atoms with E-state index in [4.69, 9.17) is 10.5 Å². The van der Waals surface area contributed by atoms with E-state index in [1.54, 1.807) is 4.90 Å². The van der Waals surface area contributed by atoms with Crippen molar-refractivity contribution in [1.29, 1.82) is 0 Å². The van der Waals surface area contributed by atoms with Gasteiger partial charge in [0.2, 0.25) is 0 Å². The predicted octanol–water partition coefficient (Wildman–Crippen LogP) is 0.814. The van der Waals surface area contributed by atoms with Crippen LogP contribution >= 0.6 is 0 Å². The van der Waals surface area contributed by atoms with Crippen LogP contribution < -0.4 is 5.73 Å². The second-order valence-electron chi connectivity index (χ2n) is 3.46. The Hall–Kier alpha value is -0.770. The molecule has 4 heteroatoms. The summed E-state index contributed by atoms with van der Waals surface area (Å²) < 4.78 is 5.33. The lowest BCUT2D eigenvalue weighted by Gasteiger charge is -2.27. The number of ether oxygens (including phenoxy) is 1. The predicted molar refractivity (Wildman–Crippen MR) is 50.4 cm³/mol. The fourth-order valence-electron chi connectivity index (χ4n) is 1.64. The largest absolute Gasteiger partial charge is 0.381 e. The molecule has 1 atom stereocenters. The van der Waals surface area contributed by atoms with Crippen molar-refractivity contribution >= 4 is 6.03 Å². The fraction of sp³-hybridized carbons (Fsp3) is 0.889. The normalized spacial score (nSPS) is 22.7. The molecule has 0 saturated carbocycles. The van der Waals surface area contributed by atoms with Crippen LogP contribution in [0.25, 0.3) is 0 Å². The Labute approximate surface area is 79.0 Å². The van der Waals surface area contributed by atoms with Gasteiger partial charge in [0, 0.05) is 25.6 Å². The SMILES string of the molecule is CCN(C[C@@H]1CCCOC1)C(N)=O. The van der Waals surface area contributed by atoms with Gasteiger partial charge in [0.1, 0.15) is 0 Å². The first-order valence-corrected chi connectivity index (χ1v) is 4.86. The minimum atomic E-state index is -0.326. The van der Waals surface area contributed by atoms with E-state index in [2.05, 4.69) is 0 Å². The molecule has 1 aliphatic rings. The Balaban J connectivity index is 2.31. The standard InChI is InChI=1S/C9H18N2O2/c1-2-11(9(10)12)6-8-4-3-5-13-7-8/h8H,2-7H2,1H3,(H2,10,12)/t8-/m0/s1. The van der Waals surface area contributed by atoms with Crippen molar-refractivity contribution in [2.75, 3.05) is 26.3 Å². The highest BCUT2D eigenvalue weighted by Crippen LogP contribution is 2.14. The van der Waals surface area contributed by atoms with Gasteiger partial charge in [-0.25, -0.2) is 4.79 Å². The van der Waals surface area contributed by atoms with E-state index < -0.39 is 0 Å². The Morgan fingerprint density at radius 3 is 2.92 bits per heavy atom. The number of nitrogens with two attached hydrogens (primary N) is 1. The van der Waals surface area contributed by atoms with Crippen molar-refractivity contribution in [2.45, 2.75) is 19.8 Å². The lowest BCUT2D eigenvalue weighted by molar-refractivity contribution is 0.0443. The van der Waals surface area contributed by atoms with Gasteiger partial charge >= 0.3 is 6.03 Å². The number of amides is 2. The van der Waals surface area contributed by atoms with Crippen LogP contribution in [-0.2, 0) is 4.74 Å². The van der Waals surface area contributed by atoms with Crippen LogP contribution in [0.1, 0.15) is 19.8 Å². The summed E-state index contributed by atoms with van der Waals surface area (Å²) in [5.74, 6) is 0.473. The third-order valence-electron chi connectivity index (χ3n) is 2.43. The number of carbonyl (C=O) groups excluding carboxylic acids is 1. The molecule has 0 bridgehead atoms. The molecule has 0 unspecified atom stereocenters. The maximum atomic E-state index is 10.9. The molecule has 1 aliphatic heterocycles. The number of nitrogens with zero attached hydrogens (tertiary/aromatic N) is 1. The lowest BCUT2D eigenvalue weighted by Crippen LogP contribution is -2.40. The van der Waals surface area contributed by atoms with E-state index >= 15 is 0 Å². The summed E-state index contributed by atoms with van der Waals surface area (Å²) in [5, 5.41) is 0. The minimum Gasteiger partial charge on any atom is -0.381 e. The van der Waals surface area contributed by atoms with Crippen molar-refractivity contribution in [2.24, 2.45) is 11.7 Å². The molecule has 1 rings (SSSR count). The highest BCUT2D eigenvalue weighted by atomic mass is 16.5. The lowest BCUT2D eigenvalue weighted by atomic mass is 10.0. The third kappa shape index (κ3) is 3.22. The summed E-state index contributed by atoms with van der Waals surface area (Å²) in [5.41, 5.74) is 5.21. The van der Waals surface area contributed by atoms with Crippen LogP contribution in [0.5, 0.6) is 0 Å². The molecule has 2 N–H and O–H groups in total. The topological polar surface area (TPSA) is 55.6 Å². The summed E-state index contributed by atoms with van der Waals surface area (Å²) >= 11 is 0. The molecule has 1 heterocycles. The summed E-state index contributed by atoms with van der Waals surface area (Å²) in [6.07, 6.45) is 2.24. The molecule has 76 valence electrons. The summed E-state index contributed by atoms with van der Waals surface area (Å²) in [4.78, 5) is 12.6. The first-order valence-electron chi connectivity index (χ1n) is 4.86. The minimum absolute atomic E-state index is 0.326. The number of rotatable bonds is 3. The molecule has 0 aromatic rings. The first-order chi connectivity index (χ1) is 6.24. The summed E-state index contributed by atoms with van der Waals surface area (Å²) in [6.45, 7) is 5.00. The van der Waals surface area contributed by atoms with Crippen molar-refractivity contribution in [1.82, 2.24) is 4.90 Å². The number of hydrogen-bond donors (Lipinski definition) is 1. The number of carbonyl (C=O) groups is 1. The van der Waals surface area contributed by atoms with Gasteiger partial charge in [-0.05, 0) is 19.8 Å². The summed E-state index contributed by atoms with van der Waals surface area (Å²) in [7, 11) is 0. The molecular weight excluding hydrogens is 168 g/mol. The fourth-order valence-corrected chi connectivity index (χ4v) is 1.64. The number of hydrogen-bond acceptors (Lipinski definition) is 2. The maximum absolute atomic E-state index is 10.9. The van der Waals surface area contributed by atoms with Crippen LogP contribution in [0.3, 0.4) is 0 Å². The molecule has 0 aromatic heterocycles. The van der Waals surface area contributed by atoms with Gasteiger partial charge in [0.25, 0.3) is 0 Å². The molecule has 2 amide bonds. The Kier molecular flexibility index (Phi) is 4.02. The van der Waals surface area contributed by atoms with Gasteiger partial charge in [0.15, 0.2) is 0 Å². The average Bonchev–Trinajstić information content (AvgIpc) is 2.15. The van der Waals surface area contributed by atoms with E-state index in [1.807, 2.05) is 6.92 Å². The van der Waals surface area contributed by atoms with E-state index in [-0.39, 0.29) is 6.03 Å². The van der Waals surface area contributed by atoms with E-state index in [0.717, 1.165) is 32.6 Å². The second-order valence-corrected chi connectivity index (χ2v) is 3.46. The van der Waals surface area contributed by atoms with Crippen molar-refractivity contribution in [3.05, 3.63) is 0 Å². The zero-order chi connectivity index (χ0) is 9.68. The smallest absolute Gasteiger partial charge is 0.314 e. The maximum Gasteiger partial charge on any atom is 0.314 e. The van der Waals surface area contributed by atoms with Crippen molar-refractivity contribution in [3.63, 3.8) is 0 Å². The van der Waals surface area contributed by atoms with Crippen LogP contribution in [-0.4, -0.2) is 37.2 Å². The molecule has 0 radical (unpaired) electrons. The van der Waals surface area contributed by atoms with Crippen LogP contribution in [0.2, 0.25) is 0 Å². The molecule has 0 spiro atoms. The van der Waals surface area contributed by atoms with Crippen LogP contribution in [0.4, 0.5) is 4.79 Å². The van der Waals surface area contributed by atoms with E-state index in [1.165, 1.54) is 0 Å². The first kappa shape index (κ1) is 10.3. The Morgan fingerprint density at radius 1 is 1.69 bits per heavy atom. The van der Waals surface area contributed by atoms with Crippen molar-refractivity contribution < 1.29 is 9.53 Å². The van der Waals surface area contributed by atoms with Gasteiger partial charge in [-0.1, -0.05) is 0 Å². The van der Waals surface area contributed by atoms with E-state index in [0.29, 0.717) is 12.5 Å². The Bertz CT molecular complexity index is 167. The third-order valence-corrected chi connectivity index (χ3v) is 2.43. The molecule has 4 nitrogen and oxygen atoms in total. The molecule has 0 aromatic carbocycles. The summed E-state index contributed by atoms with van der Waals surface area (Å²) in [6, 6.07) is -0.326. The van der Waals surface area contributed by atoms with Crippen molar-refractivity contribution in [3.8, 4) is 0 Å². The second kappa shape index (κ2) is 5.07. The van der Waals surface area contributed by atoms with Gasteiger partial charge < -0.3 is 15.4 Å². The molecule has 1 fully saturated rings. The monoisotopic (exact) mass is 186 g/mol.